The molecule has 0 amide bonds. The van der Waals surface area contributed by atoms with Gasteiger partial charge in [-0.15, -0.1) is 0 Å². The Bertz CT molecular complexity index is 458. The lowest BCUT2D eigenvalue weighted by atomic mass is 10.2. The highest BCUT2D eigenvalue weighted by Gasteiger charge is 2.25. The summed E-state index contributed by atoms with van der Waals surface area (Å²) in [7, 11) is 0. The SMILES string of the molecule is N#Cc1nc(C(F)F)c([N+](=O)[O-])cc1I. The highest BCUT2D eigenvalue weighted by Crippen LogP contribution is 2.29. The van der Waals surface area contributed by atoms with Crippen molar-refractivity contribution in [1.82, 2.24) is 4.98 Å². The number of pyridine rings is 1. The van der Waals surface area contributed by atoms with E-state index in [1.54, 1.807) is 28.7 Å². The summed E-state index contributed by atoms with van der Waals surface area (Å²) in [5, 5.41) is 18.9. The molecule has 1 aromatic heterocycles. The Balaban J connectivity index is 3.47. The smallest absolute Gasteiger partial charge is 0.258 e. The highest BCUT2D eigenvalue weighted by atomic mass is 127. The lowest BCUT2D eigenvalue weighted by Gasteiger charge is -2.02. The van der Waals surface area contributed by atoms with E-state index in [1.165, 1.54) is 0 Å². The van der Waals surface area contributed by atoms with Gasteiger partial charge in [-0.1, -0.05) is 0 Å². The lowest BCUT2D eigenvalue weighted by Crippen LogP contribution is -2.02. The van der Waals surface area contributed by atoms with Gasteiger partial charge < -0.3 is 0 Å². The molecule has 0 aliphatic heterocycles. The molecule has 0 aliphatic carbocycles. The average Bonchev–Trinajstić information content (AvgIpc) is 2.16. The van der Waals surface area contributed by atoms with Gasteiger partial charge in [0, 0.05) is 6.07 Å². The topological polar surface area (TPSA) is 79.8 Å². The van der Waals surface area contributed by atoms with Crippen LogP contribution >= 0.6 is 22.6 Å². The van der Waals surface area contributed by atoms with Gasteiger partial charge in [0.15, 0.2) is 11.4 Å². The Hall–Kier alpha value is -1.37. The summed E-state index contributed by atoms with van der Waals surface area (Å²) in [4.78, 5) is 12.7. The normalized spacial score (nSPS) is 10.1. The van der Waals surface area contributed by atoms with Gasteiger partial charge in [0.05, 0.1) is 8.49 Å². The molecule has 1 heterocycles. The van der Waals surface area contributed by atoms with Crippen LogP contribution in [0.15, 0.2) is 6.07 Å². The van der Waals surface area contributed by atoms with Gasteiger partial charge in [-0.25, -0.2) is 13.8 Å². The summed E-state index contributed by atoms with van der Waals surface area (Å²) < 4.78 is 24.9. The van der Waals surface area contributed by atoms with Crippen LogP contribution in [0.2, 0.25) is 0 Å². The van der Waals surface area contributed by atoms with Crippen LogP contribution in [0, 0.1) is 25.0 Å². The predicted molar refractivity (Wildman–Crippen MR) is 53.3 cm³/mol. The molecular weight excluding hydrogens is 323 g/mol. The molecule has 8 heteroatoms. The molecule has 78 valence electrons. The number of nitriles is 1. The molecule has 1 aromatic rings. The zero-order chi connectivity index (χ0) is 11.6. The third-order valence-corrected chi connectivity index (χ3v) is 2.32. The predicted octanol–water partition coefficient (Wildman–Crippen LogP) is 2.40. The molecule has 0 N–H and O–H groups in total. The molecule has 0 atom stereocenters. The van der Waals surface area contributed by atoms with Crippen molar-refractivity contribution in [3.05, 3.63) is 31.1 Å². The second-order valence-electron chi connectivity index (χ2n) is 2.39. The molecule has 0 unspecified atom stereocenters. The van der Waals surface area contributed by atoms with E-state index in [9.17, 15) is 18.9 Å². The average molecular weight is 325 g/mol. The van der Waals surface area contributed by atoms with Crippen molar-refractivity contribution in [2.24, 2.45) is 0 Å². The summed E-state index contributed by atoms with van der Waals surface area (Å²) in [5.41, 5.74) is -1.98. The Morgan fingerprint density at radius 1 is 1.67 bits per heavy atom. The molecule has 0 spiro atoms. The molecule has 1 rings (SSSR count). The second kappa shape index (κ2) is 4.43. The highest BCUT2D eigenvalue weighted by molar-refractivity contribution is 14.1. The number of halogens is 3. The van der Waals surface area contributed by atoms with Gasteiger partial charge >= 0.3 is 0 Å². The number of alkyl halides is 2. The van der Waals surface area contributed by atoms with Crippen LogP contribution in [0.3, 0.4) is 0 Å². The third-order valence-electron chi connectivity index (χ3n) is 1.49. The van der Waals surface area contributed by atoms with Crippen LogP contribution < -0.4 is 0 Å². The van der Waals surface area contributed by atoms with Gasteiger partial charge in [0.25, 0.3) is 12.1 Å². The summed E-state index contributed by atoms with van der Waals surface area (Å²) in [5.74, 6) is 0. The Morgan fingerprint density at radius 3 is 2.67 bits per heavy atom. The van der Waals surface area contributed by atoms with E-state index in [0.717, 1.165) is 6.07 Å². The number of rotatable bonds is 2. The molecule has 0 saturated heterocycles. The molecule has 0 bridgehead atoms. The van der Waals surface area contributed by atoms with Crippen molar-refractivity contribution >= 4 is 28.3 Å². The first-order chi connectivity index (χ1) is 6.97. The minimum Gasteiger partial charge on any atom is -0.258 e. The largest absolute Gasteiger partial charge is 0.297 e. The van der Waals surface area contributed by atoms with Crippen LogP contribution in [-0.2, 0) is 0 Å². The monoisotopic (exact) mass is 325 g/mol. The standard InChI is InChI=1S/C7H2F2IN3O2/c8-7(9)6-5(13(14)15)1-3(10)4(2-11)12-6/h1,7H. The lowest BCUT2D eigenvalue weighted by molar-refractivity contribution is -0.386. The zero-order valence-electron chi connectivity index (χ0n) is 6.95. The first-order valence-corrected chi connectivity index (χ1v) is 4.58. The third kappa shape index (κ3) is 2.35. The zero-order valence-corrected chi connectivity index (χ0v) is 9.10. The van der Waals surface area contributed by atoms with Crippen molar-refractivity contribution in [3.8, 4) is 6.07 Å². The maximum Gasteiger partial charge on any atom is 0.297 e. The van der Waals surface area contributed by atoms with Gasteiger partial charge in [0.2, 0.25) is 0 Å². The molecule has 15 heavy (non-hydrogen) atoms. The molecule has 0 fully saturated rings. The van der Waals surface area contributed by atoms with Crippen LogP contribution in [0.5, 0.6) is 0 Å². The Morgan fingerprint density at radius 2 is 2.27 bits per heavy atom. The van der Waals surface area contributed by atoms with Crippen LogP contribution in [0.4, 0.5) is 14.5 Å². The summed E-state index contributed by atoms with van der Waals surface area (Å²) in [6.07, 6.45) is -3.07. The molecular formula is C7H2F2IN3O2. The first kappa shape index (κ1) is 11.7. The van der Waals surface area contributed by atoms with Crippen LogP contribution in [0.25, 0.3) is 0 Å². The number of nitrogens with zero attached hydrogens (tertiary/aromatic N) is 3. The number of hydrogen-bond acceptors (Lipinski definition) is 4. The fourth-order valence-electron chi connectivity index (χ4n) is 0.879. The summed E-state index contributed by atoms with van der Waals surface area (Å²) >= 11 is 1.63. The van der Waals surface area contributed by atoms with Gasteiger partial charge in [-0.05, 0) is 22.6 Å². The van der Waals surface area contributed by atoms with Gasteiger partial charge in [-0.3, -0.25) is 10.1 Å². The molecule has 0 aromatic carbocycles. The first-order valence-electron chi connectivity index (χ1n) is 3.50. The number of nitro groups is 1. The quantitative estimate of drug-likeness (QED) is 0.475. The van der Waals surface area contributed by atoms with Crippen molar-refractivity contribution in [1.29, 1.82) is 5.26 Å². The molecule has 0 aliphatic rings. The van der Waals surface area contributed by atoms with Crippen molar-refractivity contribution in [2.75, 3.05) is 0 Å². The molecule has 0 saturated carbocycles. The van der Waals surface area contributed by atoms with Crippen molar-refractivity contribution in [3.63, 3.8) is 0 Å². The minimum absolute atomic E-state index is 0.172. The van der Waals surface area contributed by atoms with Crippen molar-refractivity contribution < 1.29 is 13.7 Å². The second-order valence-corrected chi connectivity index (χ2v) is 3.55. The minimum atomic E-state index is -3.07. The van der Waals surface area contributed by atoms with E-state index >= 15 is 0 Å². The number of aromatic nitrogens is 1. The van der Waals surface area contributed by atoms with Gasteiger partial charge in [-0.2, -0.15) is 5.26 Å². The maximum absolute atomic E-state index is 12.4. The van der Waals surface area contributed by atoms with E-state index in [0.29, 0.717) is 0 Å². The summed E-state index contributed by atoms with van der Waals surface area (Å²) in [6.45, 7) is 0. The summed E-state index contributed by atoms with van der Waals surface area (Å²) in [6, 6.07) is 2.49. The van der Waals surface area contributed by atoms with E-state index in [2.05, 4.69) is 4.98 Å². The van der Waals surface area contributed by atoms with E-state index in [4.69, 9.17) is 5.26 Å². The van der Waals surface area contributed by atoms with Crippen LogP contribution in [0.1, 0.15) is 17.8 Å². The Kier molecular flexibility index (Phi) is 3.46. The van der Waals surface area contributed by atoms with E-state index < -0.39 is 22.7 Å². The van der Waals surface area contributed by atoms with E-state index in [-0.39, 0.29) is 9.26 Å². The van der Waals surface area contributed by atoms with E-state index in [1.807, 2.05) is 0 Å². The van der Waals surface area contributed by atoms with Crippen molar-refractivity contribution in [2.45, 2.75) is 6.43 Å². The Labute approximate surface area is 96.0 Å². The molecule has 0 radical (unpaired) electrons. The van der Waals surface area contributed by atoms with Gasteiger partial charge in [0.1, 0.15) is 6.07 Å². The number of hydrogen-bond donors (Lipinski definition) is 0. The fourth-order valence-corrected chi connectivity index (χ4v) is 1.41. The van der Waals surface area contributed by atoms with Crippen LogP contribution in [-0.4, -0.2) is 9.91 Å². The fraction of sp³-hybridized carbons (Fsp3) is 0.143. The molecule has 5 nitrogen and oxygen atoms in total. The maximum atomic E-state index is 12.4.